The Hall–Kier alpha value is -2.63. The van der Waals surface area contributed by atoms with Crippen LogP contribution in [0.1, 0.15) is 34.0 Å². The first-order valence-corrected chi connectivity index (χ1v) is 9.22. The normalized spacial score (nSPS) is 17.4. The summed E-state index contributed by atoms with van der Waals surface area (Å²) in [6.45, 7) is 4.70. The smallest absolute Gasteiger partial charge is 0.231 e. The molecule has 2 aromatic carbocycles. The van der Waals surface area contributed by atoms with E-state index >= 15 is 0 Å². The zero-order valence-electron chi connectivity index (χ0n) is 15.7. The van der Waals surface area contributed by atoms with Gasteiger partial charge in [0, 0.05) is 20.2 Å². The number of aryl methyl sites for hydroxylation is 1. The highest BCUT2D eigenvalue weighted by molar-refractivity contribution is 6.15. The molecule has 0 aliphatic carbocycles. The molecule has 0 unspecified atom stereocenters. The zero-order chi connectivity index (χ0) is 18.8. The Bertz CT molecular complexity index is 886. The number of rotatable bonds is 5. The lowest BCUT2D eigenvalue weighted by Crippen LogP contribution is -2.34. The van der Waals surface area contributed by atoms with Crippen molar-refractivity contribution in [1.29, 1.82) is 0 Å². The number of allylic oxidation sites excluding steroid dienone is 1. The molecule has 2 heterocycles. The van der Waals surface area contributed by atoms with Gasteiger partial charge in [0.25, 0.3) is 0 Å². The minimum atomic E-state index is -0.0821. The highest BCUT2D eigenvalue weighted by Gasteiger charge is 2.33. The van der Waals surface area contributed by atoms with Crippen molar-refractivity contribution >= 4 is 11.9 Å². The SMILES string of the molecule is CCc1ccc(/C=C2\Oc3c(ccc4c3CN(CCOC)CO4)C2=O)cc1. The topological polar surface area (TPSA) is 48.0 Å². The number of carbonyl (C=O) groups is 1. The Morgan fingerprint density at radius 2 is 2.00 bits per heavy atom. The lowest BCUT2D eigenvalue weighted by atomic mass is 10.0. The van der Waals surface area contributed by atoms with Crippen molar-refractivity contribution in [2.24, 2.45) is 0 Å². The first-order chi connectivity index (χ1) is 13.2. The average molecular weight is 365 g/mol. The van der Waals surface area contributed by atoms with Gasteiger partial charge >= 0.3 is 0 Å². The van der Waals surface area contributed by atoms with Crippen molar-refractivity contribution in [3.05, 3.63) is 64.4 Å². The monoisotopic (exact) mass is 365 g/mol. The standard InChI is InChI=1S/C22H23NO4/c1-3-15-4-6-16(7-5-15)12-20-21(24)17-8-9-19-18(22(17)27-20)13-23(14-26-19)10-11-25-2/h4-9,12H,3,10-11,13-14H2,1-2H3/b20-12-. The van der Waals surface area contributed by atoms with Crippen LogP contribution in [0, 0.1) is 0 Å². The van der Waals surface area contributed by atoms with Crippen LogP contribution < -0.4 is 9.47 Å². The van der Waals surface area contributed by atoms with Crippen molar-refractivity contribution in [3.8, 4) is 11.5 Å². The van der Waals surface area contributed by atoms with Gasteiger partial charge in [-0.3, -0.25) is 9.69 Å². The average Bonchev–Trinajstić information content (AvgIpc) is 3.03. The summed E-state index contributed by atoms with van der Waals surface area (Å²) in [5.74, 6) is 1.68. The van der Waals surface area contributed by atoms with Gasteiger partial charge in [-0.2, -0.15) is 0 Å². The number of Topliss-reactive ketones (excluding diaryl/α,β-unsaturated/α-hetero) is 1. The van der Waals surface area contributed by atoms with E-state index in [0.717, 1.165) is 29.8 Å². The van der Waals surface area contributed by atoms with Gasteiger partial charge in [0.05, 0.1) is 17.7 Å². The molecule has 0 saturated heterocycles. The van der Waals surface area contributed by atoms with Crippen molar-refractivity contribution in [2.45, 2.75) is 19.9 Å². The molecule has 2 aromatic rings. The molecule has 0 fully saturated rings. The van der Waals surface area contributed by atoms with Crippen molar-refractivity contribution in [3.63, 3.8) is 0 Å². The third-order valence-electron chi connectivity index (χ3n) is 4.98. The summed E-state index contributed by atoms with van der Waals surface area (Å²) in [5, 5.41) is 0. The second kappa shape index (κ2) is 7.55. The zero-order valence-corrected chi connectivity index (χ0v) is 15.7. The van der Waals surface area contributed by atoms with Gasteiger partial charge in [-0.1, -0.05) is 31.2 Å². The summed E-state index contributed by atoms with van der Waals surface area (Å²) in [5.41, 5.74) is 3.74. The van der Waals surface area contributed by atoms with E-state index in [2.05, 4.69) is 24.0 Å². The number of fused-ring (bicyclic) bond motifs is 3. The Balaban J connectivity index is 1.61. The maximum absolute atomic E-state index is 12.8. The highest BCUT2D eigenvalue weighted by Crippen LogP contribution is 2.41. The van der Waals surface area contributed by atoms with Crippen molar-refractivity contribution in [2.75, 3.05) is 27.0 Å². The fourth-order valence-electron chi connectivity index (χ4n) is 3.37. The van der Waals surface area contributed by atoms with Gasteiger partial charge in [0.1, 0.15) is 18.2 Å². The van der Waals surface area contributed by atoms with Crippen molar-refractivity contribution in [1.82, 2.24) is 4.90 Å². The number of nitrogens with zero attached hydrogens (tertiary/aromatic N) is 1. The van der Waals surface area contributed by atoms with Crippen LogP contribution in [0.2, 0.25) is 0 Å². The third-order valence-corrected chi connectivity index (χ3v) is 4.98. The van der Waals surface area contributed by atoms with Crippen LogP contribution in [-0.4, -0.2) is 37.7 Å². The first kappa shape index (κ1) is 17.8. The van der Waals surface area contributed by atoms with Crippen LogP contribution in [-0.2, 0) is 17.7 Å². The van der Waals surface area contributed by atoms with E-state index in [1.807, 2.05) is 18.2 Å². The van der Waals surface area contributed by atoms with E-state index in [9.17, 15) is 4.79 Å². The van der Waals surface area contributed by atoms with Crippen LogP contribution in [0.4, 0.5) is 0 Å². The van der Waals surface area contributed by atoms with E-state index in [1.54, 1.807) is 19.3 Å². The molecule has 140 valence electrons. The highest BCUT2D eigenvalue weighted by atomic mass is 16.5. The summed E-state index contributed by atoms with van der Waals surface area (Å²) >= 11 is 0. The van der Waals surface area contributed by atoms with Crippen LogP contribution in [0.25, 0.3) is 6.08 Å². The summed E-state index contributed by atoms with van der Waals surface area (Å²) in [6, 6.07) is 11.8. The molecule has 0 spiro atoms. The maximum atomic E-state index is 12.8. The number of hydrogen-bond acceptors (Lipinski definition) is 5. The number of benzene rings is 2. The summed E-state index contributed by atoms with van der Waals surface area (Å²) in [7, 11) is 1.68. The number of hydrogen-bond donors (Lipinski definition) is 0. The summed E-state index contributed by atoms with van der Waals surface area (Å²) in [4.78, 5) is 14.9. The van der Waals surface area contributed by atoms with Crippen molar-refractivity contribution < 1.29 is 19.0 Å². The van der Waals surface area contributed by atoms with Gasteiger partial charge in [-0.25, -0.2) is 0 Å². The minimum absolute atomic E-state index is 0.0821. The molecule has 0 aromatic heterocycles. The van der Waals surface area contributed by atoms with E-state index in [1.165, 1.54) is 5.56 Å². The maximum Gasteiger partial charge on any atom is 0.231 e. The molecular weight excluding hydrogens is 342 g/mol. The molecule has 0 amide bonds. The second-order valence-electron chi connectivity index (χ2n) is 6.77. The lowest BCUT2D eigenvalue weighted by molar-refractivity contribution is 0.0646. The number of methoxy groups -OCH3 is 1. The Morgan fingerprint density at radius 3 is 2.74 bits per heavy atom. The fraction of sp³-hybridized carbons (Fsp3) is 0.318. The molecule has 4 rings (SSSR count). The van der Waals surface area contributed by atoms with E-state index < -0.39 is 0 Å². The van der Waals surface area contributed by atoms with Gasteiger partial charge in [0.15, 0.2) is 5.76 Å². The van der Waals surface area contributed by atoms with E-state index in [4.69, 9.17) is 14.2 Å². The summed E-state index contributed by atoms with van der Waals surface area (Å²) in [6.07, 6.45) is 2.80. The number of carbonyl (C=O) groups excluding carboxylic acids is 1. The number of ketones is 1. The molecule has 0 N–H and O–H groups in total. The predicted octanol–water partition coefficient (Wildman–Crippen LogP) is 3.66. The van der Waals surface area contributed by atoms with Gasteiger partial charge in [0.2, 0.25) is 5.78 Å². The molecule has 5 nitrogen and oxygen atoms in total. The van der Waals surface area contributed by atoms with Crippen LogP contribution in [0.3, 0.4) is 0 Å². The fourth-order valence-corrected chi connectivity index (χ4v) is 3.37. The summed E-state index contributed by atoms with van der Waals surface area (Å²) < 4.78 is 17.0. The molecule has 5 heteroatoms. The molecule has 2 aliphatic rings. The van der Waals surface area contributed by atoms with E-state index in [0.29, 0.717) is 37.0 Å². The Kier molecular flexibility index (Phi) is 4.97. The largest absolute Gasteiger partial charge is 0.478 e. The number of ether oxygens (including phenoxy) is 3. The van der Waals surface area contributed by atoms with Gasteiger partial charge in [-0.05, 0) is 35.8 Å². The molecular formula is C22H23NO4. The molecule has 0 radical (unpaired) electrons. The first-order valence-electron chi connectivity index (χ1n) is 9.22. The third kappa shape index (κ3) is 3.48. The minimum Gasteiger partial charge on any atom is -0.478 e. The Morgan fingerprint density at radius 1 is 1.19 bits per heavy atom. The van der Waals surface area contributed by atoms with Gasteiger partial charge < -0.3 is 14.2 Å². The second-order valence-corrected chi connectivity index (χ2v) is 6.77. The molecule has 0 bridgehead atoms. The van der Waals surface area contributed by atoms with Crippen LogP contribution >= 0.6 is 0 Å². The molecule has 0 saturated carbocycles. The molecule has 27 heavy (non-hydrogen) atoms. The van der Waals surface area contributed by atoms with Crippen LogP contribution in [0.5, 0.6) is 11.5 Å². The molecule has 0 atom stereocenters. The Labute approximate surface area is 159 Å². The van der Waals surface area contributed by atoms with Gasteiger partial charge in [-0.15, -0.1) is 0 Å². The van der Waals surface area contributed by atoms with E-state index in [-0.39, 0.29) is 5.78 Å². The van der Waals surface area contributed by atoms with Crippen LogP contribution in [0.15, 0.2) is 42.2 Å². The molecule has 2 aliphatic heterocycles. The predicted molar refractivity (Wildman–Crippen MR) is 103 cm³/mol. The lowest BCUT2D eigenvalue weighted by Gasteiger charge is -2.29. The quantitative estimate of drug-likeness (QED) is 0.757.